The van der Waals surface area contributed by atoms with Crippen LogP contribution in [0.3, 0.4) is 0 Å². The van der Waals surface area contributed by atoms with Gasteiger partial charge in [0.05, 0.1) is 5.69 Å². The second kappa shape index (κ2) is 3.84. The second-order valence-electron chi connectivity index (χ2n) is 3.69. The van der Waals surface area contributed by atoms with Crippen molar-refractivity contribution < 1.29 is 0 Å². The Morgan fingerprint density at radius 3 is 2.88 bits per heavy atom. The lowest BCUT2D eigenvalue weighted by atomic mass is 10.3. The first-order valence-electron chi connectivity index (χ1n) is 5.16. The highest BCUT2D eigenvalue weighted by Crippen LogP contribution is 2.08. The van der Waals surface area contributed by atoms with E-state index in [2.05, 4.69) is 10.1 Å². The molecule has 2 aromatic rings. The molecule has 0 bridgehead atoms. The Bertz CT molecular complexity index is 568. The summed E-state index contributed by atoms with van der Waals surface area (Å²) in [5.41, 5.74) is 7.51. The van der Waals surface area contributed by atoms with E-state index >= 15 is 0 Å². The molecular weight excluding hydrogens is 204 g/mol. The van der Waals surface area contributed by atoms with Crippen molar-refractivity contribution in [3.05, 3.63) is 39.9 Å². The zero-order valence-electron chi connectivity index (χ0n) is 9.32. The molecular formula is C11H14N4O. The van der Waals surface area contributed by atoms with Gasteiger partial charge in [-0.05, 0) is 31.0 Å². The van der Waals surface area contributed by atoms with Crippen molar-refractivity contribution in [2.45, 2.75) is 20.3 Å². The second-order valence-corrected chi connectivity index (χ2v) is 3.69. The van der Waals surface area contributed by atoms with E-state index in [0.29, 0.717) is 12.2 Å². The van der Waals surface area contributed by atoms with Gasteiger partial charge in [-0.1, -0.05) is 6.92 Å². The number of hydrogen-bond acceptors (Lipinski definition) is 3. The van der Waals surface area contributed by atoms with Crippen LogP contribution in [0.1, 0.15) is 18.2 Å². The topological polar surface area (TPSA) is 76.7 Å². The van der Waals surface area contributed by atoms with E-state index in [1.165, 1.54) is 4.68 Å². The highest BCUT2D eigenvalue weighted by atomic mass is 16.1. The Morgan fingerprint density at radius 2 is 2.31 bits per heavy atom. The minimum absolute atomic E-state index is 0.241. The number of anilines is 1. The van der Waals surface area contributed by atoms with E-state index in [0.717, 1.165) is 11.3 Å². The third-order valence-electron chi connectivity index (χ3n) is 2.49. The molecule has 0 unspecified atom stereocenters. The molecule has 16 heavy (non-hydrogen) atoms. The van der Waals surface area contributed by atoms with Crippen LogP contribution in [0.25, 0.3) is 5.82 Å². The fraction of sp³-hybridized carbons (Fsp3) is 0.273. The number of hydrogen-bond donors (Lipinski definition) is 2. The van der Waals surface area contributed by atoms with E-state index in [1.807, 2.05) is 26.0 Å². The molecule has 0 saturated carbocycles. The lowest BCUT2D eigenvalue weighted by molar-refractivity contribution is 0.793. The lowest BCUT2D eigenvalue weighted by Crippen LogP contribution is -2.17. The molecule has 5 nitrogen and oxygen atoms in total. The molecule has 0 radical (unpaired) electrons. The van der Waals surface area contributed by atoms with Crippen molar-refractivity contribution in [2.75, 3.05) is 5.73 Å². The molecule has 0 spiro atoms. The van der Waals surface area contributed by atoms with Gasteiger partial charge in [-0.15, -0.1) is 0 Å². The van der Waals surface area contributed by atoms with Crippen molar-refractivity contribution in [3.8, 4) is 5.82 Å². The van der Waals surface area contributed by atoms with Crippen molar-refractivity contribution >= 4 is 5.69 Å². The zero-order chi connectivity index (χ0) is 11.7. The van der Waals surface area contributed by atoms with Crippen LogP contribution < -0.4 is 11.3 Å². The van der Waals surface area contributed by atoms with Gasteiger partial charge in [0, 0.05) is 6.20 Å². The number of aromatic nitrogens is 3. The fourth-order valence-electron chi connectivity index (χ4n) is 1.57. The predicted octanol–water partition coefficient (Wildman–Crippen LogP) is 1.01. The van der Waals surface area contributed by atoms with E-state index in [9.17, 15) is 4.79 Å². The molecule has 0 aromatic carbocycles. The highest BCUT2D eigenvalue weighted by Gasteiger charge is 2.11. The number of H-pyrrole nitrogens is 1. The van der Waals surface area contributed by atoms with Crippen molar-refractivity contribution in [1.29, 1.82) is 0 Å². The maximum absolute atomic E-state index is 11.8. The standard InChI is InChI=1S/C11H14N4O/c1-3-8-10(12)11(16)15(14-8)9-6-7(2)4-5-13-9/h4-6,14H,3,12H2,1-2H3. The van der Waals surface area contributed by atoms with E-state index in [-0.39, 0.29) is 11.2 Å². The predicted molar refractivity (Wildman–Crippen MR) is 62.7 cm³/mol. The normalized spacial score (nSPS) is 10.6. The minimum Gasteiger partial charge on any atom is -0.393 e. The van der Waals surface area contributed by atoms with Crippen LogP contribution in [-0.4, -0.2) is 14.8 Å². The molecule has 0 aliphatic rings. The molecule has 84 valence electrons. The van der Waals surface area contributed by atoms with Gasteiger partial charge in [-0.25, -0.2) is 4.98 Å². The number of nitrogens with one attached hydrogen (secondary N) is 1. The summed E-state index contributed by atoms with van der Waals surface area (Å²) in [6, 6.07) is 3.71. The van der Waals surface area contributed by atoms with E-state index in [4.69, 9.17) is 5.73 Å². The average Bonchev–Trinajstić information content (AvgIpc) is 2.56. The fourth-order valence-corrected chi connectivity index (χ4v) is 1.57. The summed E-state index contributed by atoms with van der Waals surface area (Å²) >= 11 is 0. The third-order valence-corrected chi connectivity index (χ3v) is 2.49. The molecule has 2 aromatic heterocycles. The van der Waals surface area contributed by atoms with E-state index < -0.39 is 0 Å². The molecule has 0 aliphatic carbocycles. The first kappa shape index (κ1) is 10.5. The number of nitrogens with two attached hydrogens (primary N) is 1. The Hall–Kier alpha value is -2.04. The van der Waals surface area contributed by atoms with Gasteiger partial charge in [-0.3, -0.25) is 9.89 Å². The monoisotopic (exact) mass is 218 g/mol. The highest BCUT2D eigenvalue weighted by molar-refractivity contribution is 5.43. The van der Waals surface area contributed by atoms with Crippen molar-refractivity contribution in [1.82, 2.24) is 14.8 Å². The Kier molecular flexibility index (Phi) is 2.52. The molecule has 2 rings (SSSR count). The molecule has 0 atom stereocenters. The number of aryl methyl sites for hydroxylation is 2. The Balaban J connectivity index is 2.61. The molecule has 3 N–H and O–H groups in total. The average molecular weight is 218 g/mol. The molecule has 2 heterocycles. The van der Waals surface area contributed by atoms with Gasteiger partial charge in [0.25, 0.3) is 5.56 Å². The van der Waals surface area contributed by atoms with Gasteiger partial charge in [0.1, 0.15) is 5.69 Å². The number of pyridine rings is 1. The lowest BCUT2D eigenvalue weighted by Gasteiger charge is -2.00. The van der Waals surface area contributed by atoms with Crippen LogP contribution in [0.4, 0.5) is 5.69 Å². The van der Waals surface area contributed by atoms with Gasteiger partial charge < -0.3 is 5.73 Å². The van der Waals surface area contributed by atoms with Crippen molar-refractivity contribution in [2.24, 2.45) is 0 Å². The van der Waals surface area contributed by atoms with Gasteiger partial charge in [0.2, 0.25) is 0 Å². The summed E-state index contributed by atoms with van der Waals surface area (Å²) in [5, 5.41) is 2.96. The smallest absolute Gasteiger partial charge is 0.296 e. The van der Waals surface area contributed by atoms with Crippen LogP contribution in [0.2, 0.25) is 0 Å². The van der Waals surface area contributed by atoms with Gasteiger partial charge >= 0.3 is 0 Å². The summed E-state index contributed by atoms with van der Waals surface area (Å²) in [5.74, 6) is 0.566. The van der Waals surface area contributed by atoms with Crippen LogP contribution >= 0.6 is 0 Å². The first-order chi connectivity index (χ1) is 7.63. The maximum atomic E-state index is 11.8. The molecule has 0 saturated heterocycles. The summed E-state index contributed by atoms with van der Waals surface area (Å²) in [6.45, 7) is 3.89. The number of rotatable bonds is 2. The summed E-state index contributed by atoms with van der Waals surface area (Å²) in [6.07, 6.45) is 2.36. The minimum atomic E-state index is -0.241. The van der Waals surface area contributed by atoms with Crippen LogP contribution in [0.5, 0.6) is 0 Å². The van der Waals surface area contributed by atoms with Crippen LogP contribution in [0, 0.1) is 6.92 Å². The number of nitrogens with zero attached hydrogens (tertiary/aromatic N) is 2. The molecule has 0 amide bonds. The largest absolute Gasteiger partial charge is 0.393 e. The summed E-state index contributed by atoms with van der Waals surface area (Å²) in [4.78, 5) is 16.0. The summed E-state index contributed by atoms with van der Waals surface area (Å²) in [7, 11) is 0. The Morgan fingerprint density at radius 1 is 1.56 bits per heavy atom. The first-order valence-corrected chi connectivity index (χ1v) is 5.16. The Labute approximate surface area is 92.9 Å². The number of aromatic amines is 1. The van der Waals surface area contributed by atoms with Crippen LogP contribution in [0.15, 0.2) is 23.1 Å². The molecule has 5 heteroatoms. The van der Waals surface area contributed by atoms with Gasteiger partial charge in [0.15, 0.2) is 5.82 Å². The SMILES string of the molecule is CCc1[nH]n(-c2cc(C)ccn2)c(=O)c1N. The molecule has 0 aliphatic heterocycles. The maximum Gasteiger partial charge on any atom is 0.296 e. The third kappa shape index (κ3) is 1.60. The zero-order valence-corrected chi connectivity index (χ0v) is 9.32. The summed E-state index contributed by atoms with van der Waals surface area (Å²) < 4.78 is 1.38. The molecule has 0 fully saturated rings. The quantitative estimate of drug-likeness (QED) is 0.789. The van der Waals surface area contributed by atoms with Gasteiger partial charge in [-0.2, -0.15) is 4.68 Å². The van der Waals surface area contributed by atoms with Crippen LogP contribution in [-0.2, 0) is 6.42 Å². The number of nitrogen functional groups attached to an aromatic ring is 1. The van der Waals surface area contributed by atoms with Crippen molar-refractivity contribution in [3.63, 3.8) is 0 Å². The van der Waals surface area contributed by atoms with E-state index in [1.54, 1.807) is 6.20 Å².